The van der Waals surface area contributed by atoms with Crippen LogP contribution in [-0.2, 0) is 0 Å². The van der Waals surface area contributed by atoms with Crippen molar-refractivity contribution < 1.29 is 9.84 Å². The number of likely N-dealkylation sites (tertiary alicyclic amines) is 1. The Kier molecular flexibility index (Phi) is 4.19. The molecule has 3 heteroatoms. The van der Waals surface area contributed by atoms with Crippen LogP contribution in [0.5, 0.6) is 5.75 Å². The van der Waals surface area contributed by atoms with Crippen LogP contribution in [0, 0.1) is 0 Å². The molecule has 1 N–H and O–H groups in total. The van der Waals surface area contributed by atoms with Crippen molar-refractivity contribution in [3.05, 3.63) is 30.3 Å². The Morgan fingerprint density at radius 2 is 2.12 bits per heavy atom. The first-order valence-corrected chi connectivity index (χ1v) is 5.93. The Balaban J connectivity index is 1.72. The monoisotopic (exact) mass is 221 g/mol. The number of benzene rings is 1. The van der Waals surface area contributed by atoms with Gasteiger partial charge in [-0.1, -0.05) is 18.2 Å². The fourth-order valence-electron chi connectivity index (χ4n) is 2.19. The molecule has 1 unspecified atom stereocenters. The van der Waals surface area contributed by atoms with Gasteiger partial charge in [0.1, 0.15) is 12.4 Å². The van der Waals surface area contributed by atoms with Crippen LogP contribution in [0.4, 0.5) is 0 Å². The number of aliphatic hydroxyl groups is 1. The second-order valence-corrected chi connectivity index (χ2v) is 4.18. The fraction of sp³-hybridized carbons (Fsp3) is 0.538. The highest BCUT2D eigenvalue weighted by Crippen LogP contribution is 2.16. The van der Waals surface area contributed by atoms with Crippen molar-refractivity contribution in [1.29, 1.82) is 0 Å². The van der Waals surface area contributed by atoms with E-state index in [9.17, 15) is 5.11 Å². The Morgan fingerprint density at radius 3 is 2.88 bits per heavy atom. The molecule has 0 amide bonds. The van der Waals surface area contributed by atoms with Crippen LogP contribution in [-0.4, -0.2) is 42.4 Å². The summed E-state index contributed by atoms with van der Waals surface area (Å²) in [5.41, 5.74) is 0. The number of rotatable bonds is 5. The van der Waals surface area contributed by atoms with Gasteiger partial charge in [0.25, 0.3) is 0 Å². The number of aliphatic hydroxyl groups excluding tert-OH is 1. The van der Waals surface area contributed by atoms with E-state index in [-0.39, 0.29) is 6.61 Å². The molecular weight excluding hydrogens is 202 g/mol. The molecule has 0 aromatic heterocycles. The minimum atomic E-state index is 0.269. The van der Waals surface area contributed by atoms with Crippen LogP contribution in [0.15, 0.2) is 30.3 Å². The summed E-state index contributed by atoms with van der Waals surface area (Å²) in [7, 11) is 0. The van der Waals surface area contributed by atoms with E-state index < -0.39 is 0 Å². The van der Waals surface area contributed by atoms with E-state index in [2.05, 4.69) is 4.90 Å². The predicted octanol–water partition coefficient (Wildman–Crippen LogP) is 1.52. The quantitative estimate of drug-likeness (QED) is 0.818. The molecule has 0 saturated carbocycles. The number of ether oxygens (including phenoxy) is 1. The molecule has 0 radical (unpaired) electrons. The van der Waals surface area contributed by atoms with Crippen molar-refractivity contribution in [2.75, 3.05) is 26.3 Å². The van der Waals surface area contributed by atoms with Gasteiger partial charge in [-0.25, -0.2) is 0 Å². The first-order chi connectivity index (χ1) is 7.90. The summed E-state index contributed by atoms with van der Waals surface area (Å²) < 4.78 is 5.64. The summed E-state index contributed by atoms with van der Waals surface area (Å²) in [4.78, 5) is 2.31. The van der Waals surface area contributed by atoms with Crippen LogP contribution in [0.1, 0.15) is 12.8 Å². The number of hydrogen-bond donors (Lipinski definition) is 1. The van der Waals surface area contributed by atoms with Crippen molar-refractivity contribution in [2.24, 2.45) is 0 Å². The first kappa shape index (κ1) is 11.4. The molecule has 0 spiro atoms. The van der Waals surface area contributed by atoms with Crippen LogP contribution in [0.25, 0.3) is 0 Å². The third kappa shape index (κ3) is 2.97. The van der Waals surface area contributed by atoms with Gasteiger partial charge in [-0.15, -0.1) is 0 Å². The summed E-state index contributed by atoms with van der Waals surface area (Å²) >= 11 is 0. The zero-order valence-corrected chi connectivity index (χ0v) is 9.51. The molecule has 3 nitrogen and oxygen atoms in total. The maximum atomic E-state index is 9.17. The van der Waals surface area contributed by atoms with Gasteiger partial charge in [0, 0.05) is 12.6 Å². The molecular formula is C13H19NO2. The average molecular weight is 221 g/mol. The SMILES string of the molecule is OCC1CCCN1CCOc1ccccc1. The lowest BCUT2D eigenvalue weighted by atomic mass is 10.2. The van der Waals surface area contributed by atoms with Crippen LogP contribution in [0.2, 0.25) is 0 Å². The second-order valence-electron chi connectivity index (χ2n) is 4.18. The van der Waals surface area contributed by atoms with Crippen molar-refractivity contribution in [3.8, 4) is 5.75 Å². The third-order valence-corrected chi connectivity index (χ3v) is 3.10. The number of para-hydroxylation sites is 1. The zero-order chi connectivity index (χ0) is 11.2. The molecule has 0 aliphatic carbocycles. The van der Waals surface area contributed by atoms with Gasteiger partial charge in [-0.05, 0) is 31.5 Å². The molecule has 1 aliphatic rings. The fourth-order valence-corrected chi connectivity index (χ4v) is 2.19. The molecule has 1 aromatic rings. The lowest BCUT2D eigenvalue weighted by molar-refractivity contribution is 0.139. The molecule has 1 aromatic carbocycles. The lowest BCUT2D eigenvalue weighted by Crippen LogP contribution is -2.35. The van der Waals surface area contributed by atoms with Gasteiger partial charge in [0.2, 0.25) is 0 Å². The van der Waals surface area contributed by atoms with E-state index >= 15 is 0 Å². The van der Waals surface area contributed by atoms with E-state index in [4.69, 9.17) is 4.74 Å². The van der Waals surface area contributed by atoms with Crippen molar-refractivity contribution in [3.63, 3.8) is 0 Å². The minimum absolute atomic E-state index is 0.269. The maximum absolute atomic E-state index is 9.17. The Hall–Kier alpha value is -1.06. The van der Waals surface area contributed by atoms with Crippen molar-refractivity contribution in [2.45, 2.75) is 18.9 Å². The molecule has 1 saturated heterocycles. The lowest BCUT2D eigenvalue weighted by Gasteiger charge is -2.22. The van der Waals surface area contributed by atoms with Gasteiger partial charge in [-0.3, -0.25) is 4.90 Å². The molecule has 1 aliphatic heterocycles. The smallest absolute Gasteiger partial charge is 0.119 e. The van der Waals surface area contributed by atoms with Crippen molar-refractivity contribution in [1.82, 2.24) is 4.90 Å². The summed E-state index contributed by atoms with van der Waals surface area (Å²) in [6.45, 7) is 2.95. The molecule has 16 heavy (non-hydrogen) atoms. The standard InChI is InChI=1S/C13H19NO2/c15-11-12-5-4-8-14(12)9-10-16-13-6-2-1-3-7-13/h1-3,6-7,12,15H,4-5,8-11H2. The van der Waals surface area contributed by atoms with E-state index in [1.807, 2.05) is 30.3 Å². The second kappa shape index (κ2) is 5.87. The summed E-state index contributed by atoms with van der Waals surface area (Å²) in [6.07, 6.45) is 2.30. The van der Waals surface area contributed by atoms with Gasteiger partial charge < -0.3 is 9.84 Å². The average Bonchev–Trinajstić information content (AvgIpc) is 2.78. The van der Waals surface area contributed by atoms with E-state index in [0.717, 1.165) is 25.3 Å². The molecule has 2 rings (SSSR count). The summed E-state index contributed by atoms with van der Waals surface area (Å²) in [5.74, 6) is 0.919. The number of nitrogens with zero attached hydrogens (tertiary/aromatic N) is 1. The largest absolute Gasteiger partial charge is 0.492 e. The summed E-state index contributed by atoms with van der Waals surface area (Å²) in [6, 6.07) is 10.2. The van der Waals surface area contributed by atoms with Gasteiger partial charge in [0.05, 0.1) is 6.61 Å². The van der Waals surface area contributed by atoms with Crippen LogP contribution < -0.4 is 4.74 Å². The highest BCUT2D eigenvalue weighted by atomic mass is 16.5. The molecule has 1 fully saturated rings. The molecule has 1 heterocycles. The van der Waals surface area contributed by atoms with E-state index in [1.54, 1.807) is 0 Å². The minimum Gasteiger partial charge on any atom is -0.492 e. The summed E-state index contributed by atoms with van der Waals surface area (Å²) in [5, 5.41) is 9.17. The Morgan fingerprint density at radius 1 is 1.31 bits per heavy atom. The predicted molar refractivity (Wildman–Crippen MR) is 63.6 cm³/mol. The van der Waals surface area contributed by atoms with Gasteiger partial charge >= 0.3 is 0 Å². The number of hydrogen-bond acceptors (Lipinski definition) is 3. The first-order valence-electron chi connectivity index (χ1n) is 5.93. The molecule has 1 atom stereocenters. The van der Waals surface area contributed by atoms with Gasteiger partial charge in [0.15, 0.2) is 0 Å². The van der Waals surface area contributed by atoms with E-state index in [0.29, 0.717) is 12.6 Å². The van der Waals surface area contributed by atoms with Crippen LogP contribution >= 0.6 is 0 Å². The van der Waals surface area contributed by atoms with Crippen molar-refractivity contribution >= 4 is 0 Å². The Bertz CT molecular complexity index is 302. The van der Waals surface area contributed by atoms with E-state index in [1.165, 1.54) is 6.42 Å². The Labute approximate surface area is 96.6 Å². The van der Waals surface area contributed by atoms with Crippen LogP contribution in [0.3, 0.4) is 0 Å². The third-order valence-electron chi connectivity index (χ3n) is 3.10. The molecule has 0 bridgehead atoms. The highest BCUT2D eigenvalue weighted by Gasteiger charge is 2.22. The maximum Gasteiger partial charge on any atom is 0.119 e. The topological polar surface area (TPSA) is 32.7 Å². The van der Waals surface area contributed by atoms with Gasteiger partial charge in [-0.2, -0.15) is 0 Å². The highest BCUT2D eigenvalue weighted by molar-refractivity contribution is 5.20. The zero-order valence-electron chi connectivity index (χ0n) is 9.51. The molecule has 88 valence electrons. The normalized spacial score (nSPS) is 21.2.